The largest absolute Gasteiger partial charge is 0.479 e. The van der Waals surface area contributed by atoms with Crippen LogP contribution in [0.2, 0.25) is 0 Å². The van der Waals surface area contributed by atoms with E-state index in [4.69, 9.17) is 14.7 Å². The Hall–Kier alpha value is -2.26. The summed E-state index contributed by atoms with van der Waals surface area (Å²) in [7, 11) is 0. The maximum absolute atomic E-state index is 12.0. The Morgan fingerprint density at radius 3 is 2.48 bits per heavy atom. The normalized spacial score (nSPS) is 15.6. The first-order valence-corrected chi connectivity index (χ1v) is 8.63. The minimum absolute atomic E-state index is 0.0520. The number of nitrogens with one attached hydrogen (secondary N) is 2. The van der Waals surface area contributed by atoms with Crippen molar-refractivity contribution >= 4 is 6.09 Å². The summed E-state index contributed by atoms with van der Waals surface area (Å²) in [6, 6.07) is 9.59. The molecular formula is C19H27N3O3. The number of carbonyl (C=O) groups is 1. The lowest BCUT2D eigenvalue weighted by atomic mass is 9.76. The van der Waals surface area contributed by atoms with Crippen molar-refractivity contribution in [2.75, 3.05) is 13.2 Å². The Bertz CT molecular complexity index is 610. The molecule has 0 bridgehead atoms. The molecule has 1 aliphatic carbocycles. The molecule has 0 atom stereocenters. The van der Waals surface area contributed by atoms with Gasteiger partial charge in [0.2, 0.25) is 0 Å². The van der Waals surface area contributed by atoms with Gasteiger partial charge in [-0.2, -0.15) is 5.26 Å². The van der Waals surface area contributed by atoms with E-state index in [1.54, 1.807) is 0 Å². The number of ether oxygens (including phenoxy) is 2. The van der Waals surface area contributed by atoms with Crippen molar-refractivity contribution in [2.45, 2.75) is 57.7 Å². The third-order valence-corrected chi connectivity index (χ3v) is 4.10. The number of hydrogen-bond donors (Lipinski definition) is 2. The first-order chi connectivity index (χ1) is 11.8. The first kappa shape index (κ1) is 19.1. The zero-order valence-electron chi connectivity index (χ0n) is 15.2. The Labute approximate surface area is 149 Å². The van der Waals surface area contributed by atoms with E-state index in [1.165, 1.54) is 0 Å². The van der Waals surface area contributed by atoms with Crippen LogP contribution in [0.25, 0.3) is 0 Å². The van der Waals surface area contributed by atoms with E-state index < -0.39 is 5.60 Å². The molecule has 0 radical (unpaired) electrons. The topological polar surface area (TPSA) is 83.4 Å². The second-order valence-corrected chi connectivity index (χ2v) is 7.46. The molecule has 1 amide bonds. The fraction of sp³-hybridized carbons (Fsp3) is 0.579. The smallest absolute Gasteiger partial charge is 0.408 e. The summed E-state index contributed by atoms with van der Waals surface area (Å²) in [6.07, 6.45) is 2.68. The van der Waals surface area contributed by atoms with Crippen LogP contribution in [0.5, 0.6) is 5.75 Å². The van der Waals surface area contributed by atoms with Crippen LogP contribution in [0.4, 0.5) is 4.79 Å². The lowest BCUT2D eigenvalue weighted by molar-refractivity contribution is 0.0382. The van der Waals surface area contributed by atoms with Gasteiger partial charge in [0.25, 0.3) is 0 Å². The quantitative estimate of drug-likeness (QED) is 0.793. The Morgan fingerprint density at radius 1 is 1.28 bits per heavy atom. The van der Waals surface area contributed by atoms with Crippen LogP contribution in [0.3, 0.4) is 0 Å². The summed E-state index contributed by atoms with van der Waals surface area (Å²) in [5, 5.41) is 14.9. The van der Waals surface area contributed by atoms with Gasteiger partial charge in [0.05, 0.1) is 5.54 Å². The predicted octanol–water partition coefficient (Wildman–Crippen LogP) is 3.13. The van der Waals surface area contributed by atoms with Gasteiger partial charge in [-0.1, -0.05) is 12.1 Å². The number of nitriles is 1. The van der Waals surface area contributed by atoms with Gasteiger partial charge in [0, 0.05) is 13.1 Å². The zero-order valence-corrected chi connectivity index (χ0v) is 15.2. The minimum Gasteiger partial charge on any atom is -0.479 e. The van der Waals surface area contributed by atoms with Crippen LogP contribution >= 0.6 is 0 Å². The highest BCUT2D eigenvalue weighted by atomic mass is 16.6. The summed E-state index contributed by atoms with van der Waals surface area (Å²) < 4.78 is 10.6. The number of carbonyl (C=O) groups excluding carboxylic acids is 1. The highest BCUT2D eigenvalue weighted by molar-refractivity contribution is 5.69. The first-order valence-electron chi connectivity index (χ1n) is 8.63. The molecule has 1 saturated carbocycles. The fourth-order valence-corrected chi connectivity index (χ4v) is 2.73. The van der Waals surface area contributed by atoms with Crippen molar-refractivity contribution in [3.05, 3.63) is 29.8 Å². The molecule has 136 valence electrons. The SMILES string of the molecule is CC(C)(C)OC(=O)NC1(CNCc2ccc(OCC#N)cc2)CCC1. The van der Waals surface area contributed by atoms with E-state index in [2.05, 4.69) is 10.6 Å². The summed E-state index contributed by atoms with van der Waals surface area (Å²) in [6.45, 7) is 7.05. The molecule has 25 heavy (non-hydrogen) atoms. The number of rotatable bonds is 7. The standard InChI is InChI=1S/C19H27N3O3/c1-18(2,3)25-17(23)22-19(9-4-10-19)14-21-13-15-5-7-16(8-6-15)24-12-11-20/h5-8,21H,4,9-10,12-14H2,1-3H3,(H,22,23). The van der Waals surface area contributed by atoms with Gasteiger partial charge in [-0.3, -0.25) is 0 Å². The van der Waals surface area contributed by atoms with Crippen LogP contribution in [0.1, 0.15) is 45.6 Å². The molecule has 0 heterocycles. The van der Waals surface area contributed by atoms with Crippen molar-refractivity contribution in [2.24, 2.45) is 0 Å². The second kappa shape index (κ2) is 8.21. The molecule has 1 fully saturated rings. The number of nitrogens with zero attached hydrogens (tertiary/aromatic N) is 1. The molecule has 0 spiro atoms. The van der Waals surface area contributed by atoms with Gasteiger partial charge >= 0.3 is 6.09 Å². The number of alkyl carbamates (subject to hydrolysis) is 1. The van der Waals surface area contributed by atoms with Crippen LogP contribution in [-0.2, 0) is 11.3 Å². The van der Waals surface area contributed by atoms with E-state index >= 15 is 0 Å². The molecule has 6 nitrogen and oxygen atoms in total. The van der Waals surface area contributed by atoms with Crippen LogP contribution in [-0.4, -0.2) is 30.4 Å². The number of hydrogen-bond acceptors (Lipinski definition) is 5. The van der Waals surface area contributed by atoms with Crippen LogP contribution < -0.4 is 15.4 Å². The lowest BCUT2D eigenvalue weighted by Crippen LogP contribution is -2.59. The highest BCUT2D eigenvalue weighted by Gasteiger charge is 2.39. The van der Waals surface area contributed by atoms with Gasteiger partial charge in [0.15, 0.2) is 6.61 Å². The zero-order chi connectivity index (χ0) is 18.3. The van der Waals surface area contributed by atoms with Gasteiger partial charge < -0.3 is 20.1 Å². The van der Waals surface area contributed by atoms with Crippen LogP contribution in [0, 0.1) is 11.3 Å². The van der Waals surface area contributed by atoms with Crippen molar-refractivity contribution in [1.82, 2.24) is 10.6 Å². The second-order valence-electron chi connectivity index (χ2n) is 7.46. The molecule has 1 aliphatic rings. The van der Waals surface area contributed by atoms with E-state index in [9.17, 15) is 4.79 Å². The molecule has 0 aliphatic heterocycles. The van der Waals surface area contributed by atoms with E-state index in [0.29, 0.717) is 18.8 Å². The molecule has 2 N–H and O–H groups in total. The maximum Gasteiger partial charge on any atom is 0.408 e. The Balaban J connectivity index is 1.79. The molecule has 1 aromatic rings. The van der Waals surface area contributed by atoms with Crippen LogP contribution in [0.15, 0.2) is 24.3 Å². The lowest BCUT2D eigenvalue weighted by Gasteiger charge is -2.42. The molecule has 0 unspecified atom stereocenters. The van der Waals surface area contributed by atoms with E-state index in [0.717, 1.165) is 24.8 Å². The van der Waals surface area contributed by atoms with Crippen molar-refractivity contribution in [3.63, 3.8) is 0 Å². The molecular weight excluding hydrogens is 318 g/mol. The molecule has 2 rings (SSSR count). The van der Waals surface area contributed by atoms with E-state index in [-0.39, 0.29) is 18.2 Å². The monoisotopic (exact) mass is 345 g/mol. The van der Waals surface area contributed by atoms with Gasteiger partial charge in [-0.15, -0.1) is 0 Å². The number of amides is 1. The minimum atomic E-state index is -0.488. The fourth-order valence-electron chi connectivity index (χ4n) is 2.73. The van der Waals surface area contributed by atoms with Gasteiger partial charge in [-0.05, 0) is 57.7 Å². The third-order valence-electron chi connectivity index (χ3n) is 4.10. The summed E-state index contributed by atoms with van der Waals surface area (Å²) in [5.74, 6) is 0.687. The Morgan fingerprint density at radius 2 is 1.96 bits per heavy atom. The van der Waals surface area contributed by atoms with Gasteiger partial charge in [0.1, 0.15) is 17.4 Å². The van der Waals surface area contributed by atoms with Gasteiger partial charge in [-0.25, -0.2) is 4.79 Å². The average molecular weight is 345 g/mol. The summed E-state index contributed by atoms with van der Waals surface area (Å²) in [5.41, 5.74) is 0.423. The summed E-state index contributed by atoms with van der Waals surface area (Å²) in [4.78, 5) is 12.0. The maximum atomic E-state index is 12.0. The van der Waals surface area contributed by atoms with Crippen molar-refractivity contribution in [3.8, 4) is 11.8 Å². The highest BCUT2D eigenvalue weighted by Crippen LogP contribution is 2.31. The van der Waals surface area contributed by atoms with E-state index in [1.807, 2.05) is 51.1 Å². The van der Waals surface area contributed by atoms with Crippen molar-refractivity contribution in [1.29, 1.82) is 5.26 Å². The van der Waals surface area contributed by atoms with Crippen molar-refractivity contribution < 1.29 is 14.3 Å². The average Bonchev–Trinajstić information content (AvgIpc) is 2.50. The number of benzene rings is 1. The summed E-state index contributed by atoms with van der Waals surface area (Å²) >= 11 is 0. The molecule has 6 heteroatoms. The molecule has 1 aromatic carbocycles. The third kappa shape index (κ3) is 6.28. The Kier molecular flexibility index (Phi) is 6.27. The molecule has 0 aromatic heterocycles. The predicted molar refractivity (Wildman–Crippen MR) is 95.2 cm³/mol. The molecule has 0 saturated heterocycles.